The fourth-order valence-corrected chi connectivity index (χ4v) is 2.56. The van der Waals surface area contributed by atoms with Crippen LogP contribution in [0.1, 0.15) is 36.8 Å². The van der Waals surface area contributed by atoms with Crippen molar-refractivity contribution in [2.45, 2.75) is 46.8 Å². The predicted octanol–water partition coefficient (Wildman–Crippen LogP) is 2.59. The van der Waals surface area contributed by atoms with Crippen LogP contribution < -0.4 is 0 Å². The minimum absolute atomic E-state index is 0.00786. The van der Waals surface area contributed by atoms with Crippen molar-refractivity contribution in [3.63, 3.8) is 0 Å². The van der Waals surface area contributed by atoms with Gasteiger partial charge in [-0.1, -0.05) is 11.6 Å². The minimum Gasteiger partial charge on any atom is -0.339 e. The molecule has 22 heavy (non-hydrogen) atoms. The molecule has 0 fully saturated rings. The zero-order chi connectivity index (χ0) is 16.4. The second kappa shape index (κ2) is 6.52. The summed E-state index contributed by atoms with van der Waals surface area (Å²) < 4.78 is 3.54. The fourth-order valence-electron chi connectivity index (χ4n) is 2.43. The normalized spacial score (nSPS) is 12.5. The number of hydrogen-bond acceptors (Lipinski definition) is 3. The summed E-state index contributed by atoms with van der Waals surface area (Å²) in [6.07, 6.45) is 3.55. The number of carbonyl (C=O) groups excluding carboxylic acids is 1. The van der Waals surface area contributed by atoms with Crippen LogP contribution in [0, 0.1) is 13.8 Å². The van der Waals surface area contributed by atoms with Crippen molar-refractivity contribution in [2.75, 3.05) is 7.05 Å². The maximum atomic E-state index is 12.6. The van der Waals surface area contributed by atoms with Gasteiger partial charge in [-0.15, -0.1) is 0 Å². The van der Waals surface area contributed by atoms with E-state index in [1.807, 2.05) is 38.6 Å². The summed E-state index contributed by atoms with van der Waals surface area (Å²) in [5.74, 6) is -0.00786. The first kappa shape index (κ1) is 16.5. The van der Waals surface area contributed by atoms with Crippen LogP contribution in [0.5, 0.6) is 0 Å². The molecule has 120 valence electrons. The number of halogens is 1. The van der Waals surface area contributed by atoms with Crippen LogP contribution >= 0.6 is 11.6 Å². The molecule has 0 aliphatic heterocycles. The lowest BCUT2D eigenvalue weighted by Gasteiger charge is -2.22. The van der Waals surface area contributed by atoms with E-state index in [1.54, 1.807) is 22.8 Å². The lowest BCUT2D eigenvalue weighted by molar-refractivity contribution is -0.133. The van der Waals surface area contributed by atoms with E-state index in [4.69, 9.17) is 11.6 Å². The van der Waals surface area contributed by atoms with Crippen LogP contribution in [0.2, 0.25) is 5.02 Å². The van der Waals surface area contributed by atoms with E-state index >= 15 is 0 Å². The van der Waals surface area contributed by atoms with Gasteiger partial charge in [-0.2, -0.15) is 10.2 Å². The molecule has 1 atom stereocenters. The largest absolute Gasteiger partial charge is 0.339 e. The second-order valence-electron chi connectivity index (χ2n) is 5.49. The fraction of sp³-hybridized carbons (Fsp3) is 0.533. The molecule has 0 N–H and O–H groups in total. The Bertz CT molecular complexity index is 676. The van der Waals surface area contributed by atoms with Crippen molar-refractivity contribution < 1.29 is 4.79 Å². The third-order valence-electron chi connectivity index (χ3n) is 3.86. The third kappa shape index (κ3) is 3.16. The number of carbonyl (C=O) groups is 1. The summed E-state index contributed by atoms with van der Waals surface area (Å²) >= 11 is 6.01. The van der Waals surface area contributed by atoms with Crippen molar-refractivity contribution in [2.24, 2.45) is 0 Å². The van der Waals surface area contributed by atoms with Crippen LogP contribution in [0.15, 0.2) is 12.4 Å². The molecule has 1 amide bonds. The van der Waals surface area contributed by atoms with Gasteiger partial charge in [0, 0.05) is 31.9 Å². The lowest BCUT2D eigenvalue weighted by Crippen LogP contribution is -2.33. The second-order valence-corrected chi connectivity index (χ2v) is 5.90. The number of hydrogen-bond donors (Lipinski definition) is 0. The average Bonchev–Trinajstić information content (AvgIpc) is 3.01. The summed E-state index contributed by atoms with van der Waals surface area (Å²) in [7, 11) is 1.79. The van der Waals surface area contributed by atoms with E-state index in [9.17, 15) is 4.79 Å². The van der Waals surface area contributed by atoms with Gasteiger partial charge in [0.25, 0.3) is 0 Å². The van der Waals surface area contributed by atoms with Gasteiger partial charge < -0.3 is 4.90 Å². The average molecular weight is 324 g/mol. The number of rotatable bonds is 5. The SMILES string of the molecule is CCn1cc(CN(C)C(=O)C(C)n2ncc(Cl)c2C)c(C)n1. The monoisotopic (exact) mass is 323 g/mol. The summed E-state index contributed by atoms with van der Waals surface area (Å²) in [6.45, 7) is 9.03. The standard InChI is InChI=1S/C15H22ClN5O/c1-6-20-9-13(10(2)18-20)8-19(5)15(22)12(4)21-11(3)14(16)7-17-21/h7,9,12H,6,8H2,1-5H3. The highest BCUT2D eigenvalue weighted by Gasteiger charge is 2.22. The molecular formula is C15H22ClN5O. The molecule has 0 aliphatic carbocycles. The molecule has 0 saturated heterocycles. The Balaban J connectivity index is 2.11. The van der Waals surface area contributed by atoms with Crippen LogP contribution in [0.4, 0.5) is 0 Å². The smallest absolute Gasteiger partial charge is 0.247 e. The number of amides is 1. The summed E-state index contributed by atoms with van der Waals surface area (Å²) in [5.41, 5.74) is 2.80. The van der Waals surface area contributed by atoms with E-state index in [2.05, 4.69) is 10.2 Å². The number of aromatic nitrogens is 4. The highest BCUT2D eigenvalue weighted by molar-refractivity contribution is 6.31. The Morgan fingerprint density at radius 3 is 2.64 bits per heavy atom. The number of likely N-dealkylation sites (N-methyl/N-ethyl adjacent to an activating group) is 1. The van der Waals surface area contributed by atoms with Gasteiger partial charge in [-0.25, -0.2) is 0 Å². The molecule has 0 spiro atoms. The molecule has 7 heteroatoms. The van der Waals surface area contributed by atoms with Crippen molar-refractivity contribution >= 4 is 17.5 Å². The first-order valence-electron chi connectivity index (χ1n) is 7.32. The third-order valence-corrected chi connectivity index (χ3v) is 4.24. The molecule has 1 unspecified atom stereocenters. The summed E-state index contributed by atoms with van der Waals surface area (Å²) in [4.78, 5) is 14.3. The predicted molar refractivity (Wildman–Crippen MR) is 85.8 cm³/mol. The first-order chi connectivity index (χ1) is 10.3. The molecular weight excluding hydrogens is 302 g/mol. The molecule has 2 heterocycles. The lowest BCUT2D eigenvalue weighted by atomic mass is 10.2. The molecule has 2 aromatic heterocycles. The molecule has 0 saturated carbocycles. The van der Waals surface area contributed by atoms with Crippen molar-refractivity contribution in [1.29, 1.82) is 0 Å². The van der Waals surface area contributed by atoms with Gasteiger partial charge in [0.05, 0.1) is 22.6 Å². The molecule has 0 aromatic carbocycles. The molecule has 6 nitrogen and oxygen atoms in total. The Morgan fingerprint density at radius 1 is 1.45 bits per heavy atom. The Morgan fingerprint density at radius 2 is 2.14 bits per heavy atom. The Labute approximate surface area is 135 Å². The molecule has 2 aromatic rings. The van der Waals surface area contributed by atoms with Crippen molar-refractivity contribution in [3.05, 3.63) is 34.4 Å². The Kier molecular flexibility index (Phi) is 4.90. The van der Waals surface area contributed by atoms with Gasteiger partial charge in [0.2, 0.25) is 5.91 Å². The molecule has 2 rings (SSSR count). The minimum atomic E-state index is -0.390. The van der Waals surface area contributed by atoms with Gasteiger partial charge in [0.1, 0.15) is 6.04 Å². The van der Waals surface area contributed by atoms with Gasteiger partial charge in [-0.3, -0.25) is 14.2 Å². The summed E-state index contributed by atoms with van der Waals surface area (Å²) in [5, 5.41) is 9.16. The van der Waals surface area contributed by atoms with Gasteiger partial charge >= 0.3 is 0 Å². The highest BCUT2D eigenvalue weighted by atomic mass is 35.5. The van der Waals surface area contributed by atoms with E-state index < -0.39 is 0 Å². The maximum Gasteiger partial charge on any atom is 0.247 e. The van der Waals surface area contributed by atoms with Crippen molar-refractivity contribution in [1.82, 2.24) is 24.5 Å². The Hall–Kier alpha value is -1.82. The van der Waals surface area contributed by atoms with Gasteiger partial charge in [0.15, 0.2) is 0 Å². The highest BCUT2D eigenvalue weighted by Crippen LogP contribution is 2.19. The number of aryl methyl sites for hydroxylation is 2. The van der Waals surface area contributed by atoms with Crippen molar-refractivity contribution in [3.8, 4) is 0 Å². The molecule has 0 aliphatic rings. The zero-order valence-corrected chi connectivity index (χ0v) is 14.4. The van der Waals surface area contributed by atoms with E-state index in [-0.39, 0.29) is 11.9 Å². The maximum absolute atomic E-state index is 12.6. The van der Waals surface area contributed by atoms with Crippen LogP contribution in [-0.4, -0.2) is 37.4 Å². The summed E-state index contributed by atoms with van der Waals surface area (Å²) in [6, 6.07) is -0.390. The van der Waals surface area contributed by atoms with Gasteiger partial charge in [-0.05, 0) is 27.7 Å². The molecule has 0 radical (unpaired) electrons. The topological polar surface area (TPSA) is 56.0 Å². The van der Waals surface area contributed by atoms with Crippen LogP contribution in [-0.2, 0) is 17.9 Å². The van der Waals surface area contributed by atoms with E-state index in [0.29, 0.717) is 11.6 Å². The first-order valence-corrected chi connectivity index (χ1v) is 7.70. The van der Waals surface area contributed by atoms with E-state index in [1.165, 1.54) is 0 Å². The zero-order valence-electron chi connectivity index (χ0n) is 13.7. The number of nitrogens with zero attached hydrogens (tertiary/aromatic N) is 5. The van der Waals surface area contributed by atoms with Crippen LogP contribution in [0.3, 0.4) is 0 Å². The van der Waals surface area contributed by atoms with E-state index in [0.717, 1.165) is 23.5 Å². The van der Waals surface area contributed by atoms with Crippen LogP contribution in [0.25, 0.3) is 0 Å². The quantitative estimate of drug-likeness (QED) is 0.849. The molecule has 0 bridgehead atoms.